The van der Waals surface area contributed by atoms with Crippen molar-refractivity contribution in [3.63, 3.8) is 0 Å². The van der Waals surface area contributed by atoms with Crippen LogP contribution in [0.1, 0.15) is 29.8 Å². The van der Waals surface area contributed by atoms with Crippen LogP contribution < -0.4 is 0 Å². The lowest BCUT2D eigenvalue weighted by molar-refractivity contribution is 0.0776. The van der Waals surface area contributed by atoms with Crippen molar-refractivity contribution >= 4 is 15.8 Å². The molecule has 1 saturated heterocycles. The number of hydrogen-bond donors (Lipinski definition) is 0. The number of carbonyl (C=O) groups is 1. The van der Waals surface area contributed by atoms with Crippen LogP contribution in [0.5, 0.6) is 0 Å². The summed E-state index contributed by atoms with van der Waals surface area (Å²) in [5, 5.41) is 0. The lowest BCUT2D eigenvalue weighted by Crippen LogP contribution is -2.47. The Morgan fingerprint density at radius 2 is 1.67 bits per heavy atom. The van der Waals surface area contributed by atoms with Crippen molar-refractivity contribution in [2.24, 2.45) is 5.92 Å². The fourth-order valence-corrected chi connectivity index (χ4v) is 5.43. The van der Waals surface area contributed by atoms with Crippen LogP contribution in [0.2, 0.25) is 0 Å². The van der Waals surface area contributed by atoms with Crippen molar-refractivity contribution in [1.82, 2.24) is 9.21 Å². The summed E-state index contributed by atoms with van der Waals surface area (Å²) in [6, 6.07) is 15.9. The van der Waals surface area contributed by atoms with Crippen molar-refractivity contribution in [1.29, 1.82) is 0 Å². The van der Waals surface area contributed by atoms with Gasteiger partial charge in [0.2, 0.25) is 10.0 Å². The lowest BCUT2D eigenvalue weighted by atomic mass is 9.96. The number of hydrogen-bond acceptors (Lipinski definition) is 4. The molecule has 3 atom stereocenters. The van der Waals surface area contributed by atoms with Gasteiger partial charge in [0.15, 0.2) is 5.78 Å². The average molecular weight is 387 g/mol. The van der Waals surface area contributed by atoms with Crippen molar-refractivity contribution in [2.45, 2.75) is 37.9 Å². The number of aryl methyl sites for hydroxylation is 1. The second-order valence-corrected chi connectivity index (χ2v) is 9.23. The van der Waals surface area contributed by atoms with Gasteiger partial charge in [-0.25, -0.2) is 8.42 Å². The normalized spacial score (nSPS) is 22.7. The standard InChI is InChI=1S/C21H26N2O3S/c1-15-10-12-19(13-11-15)27(25,26)23-14-16(2)22(4)21(23)17(3)20(24)18-8-6-5-7-9-18/h5-13,16-17,21H,14H2,1-4H3. The van der Waals surface area contributed by atoms with Gasteiger partial charge in [-0.2, -0.15) is 4.31 Å². The number of likely N-dealkylation sites (N-methyl/N-ethyl adjacent to an activating group) is 1. The Hall–Kier alpha value is -2.02. The zero-order valence-corrected chi connectivity index (χ0v) is 17.0. The summed E-state index contributed by atoms with van der Waals surface area (Å²) in [5.74, 6) is -0.534. The van der Waals surface area contributed by atoms with Crippen molar-refractivity contribution in [3.8, 4) is 0 Å². The van der Waals surface area contributed by atoms with E-state index in [0.29, 0.717) is 12.1 Å². The number of benzene rings is 2. The van der Waals surface area contributed by atoms with Gasteiger partial charge >= 0.3 is 0 Å². The molecule has 0 aliphatic carbocycles. The third-order valence-electron chi connectivity index (χ3n) is 5.40. The minimum atomic E-state index is -3.69. The summed E-state index contributed by atoms with van der Waals surface area (Å²) in [5.41, 5.74) is 1.61. The molecular formula is C21H26N2O3S. The molecule has 1 heterocycles. The average Bonchev–Trinajstić information content (AvgIpc) is 2.97. The largest absolute Gasteiger partial charge is 0.294 e. The van der Waals surface area contributed by atoms with Crippen LogP contribution in [0.25, 0.3) is 0 Å². The Bertz CT molecular complexity index is 910. The van der Waals surface area contributed by atoms with Crippen LogP contribution in [0, 0.1) is 12.8 Å². The molecule has 1 aliphatic rings. The van der Waals surface area contributed by atoms with Crippen LogP contribution in [0.3, 0.4) is 0 Å². The molecule has 2 aromatic carbocycles. The Labute approximate surface area is 161 Å². The highest BCUT2D eigenvalue weighted by Crippen LogP contribution is 2.32. The molecule has 0 radical (unpaired) electrons. The lowest BCUT2D eigenvalue weighted by Gasteiger charge is -2.32. The number of nitrogens with zero attached hydrogens (tertiary/aromatic N) is 2. The number of Topliss-reactive ketones (excluding diaryl/α,β-unsaturated/α-hetero) is 1. The highest BCUT2D eigenvalue weighted by Gasteiger charge is 2.46. The quantitative estimate of drug-likeness (QED) is 0.741. The predicted octanol–water partition coefficient (Wildman–Crippen LogP) is 3.16. The first-order valence-corrected chi connectivity index (χ1v) is 10.6. The Balaban J connectivity index is 1.96. The summed E-state index contributed by atoms with van der Waals surface area (Å²) in [6.07, 6.45) is -0.515. The van der Waals surface area contributed by atoms with E-state index in [1.807, 2.05) is 50.9 Å². The maximum absolute atomic E-state index is 13.3. The van der Waals surface area contributed by atoms with E-state index in [4.69, 9.17) is 0 Å². The summed E-state index contributed by atoms with van der Waals surface area (Å²) in [4.78, 5) is 15.2. The first-order chi connectivity index (χ1) is 12.7. The highest BCUT2D eigenvalue weighted by atomic mass is 32.2. The maximum atomic E-state index is 13.3. The predicted molar refractivity (Wildman–Crippen MR) is 106 cm³/mol. The number of sulfonamides is 1. The SMILES string of the molecule is Cc1ccc(S(=O)(=O)N2CC(C)N(C)C2C(C)C(=O)c2ccccc2)cc1. The number of rotatable bonds is 5. The fourth-order valence-electron chi connectivity index (χ4n) is 3.65. The molecule has 0 N–H and O–H groups in total. The molecule has 2 aromatic rings. The molecule has 27 heavy (non-hydrogen) atoms. The molecule has 144 valence electrons. The van der Waals surface area contributed by atoms with Crippen LogP contribution in [-0.2, 0) is 10.0 Å². The number of ketones is 1. The molecular weight excluding hydrogens is 360 g/mol. The van der Waals surface area contributed by atoms with Crippen LogP contribution in [-0.4, -0.2) is 49.2 Å². The third kappa shape index (κ3) is 3.70. The van der Waals surface area contributed by atoms with Gasteiger partial charge in [-0.3, -0.25) is 9.69 Å². The molecule has 0 spiro atoms. The molecule has 0 aromatic heterocycles. The first-order valence-electron chi connectivity index (χ1n) is 9.13. The monoisotopic (exact) mass is 386 g/mol. The summed E-state index contributed by atoms with van der Waals surface area (Å²) in [7, 11) is -1.81. The Morgan fingerprint density at radius 1 is 1.07 bits per heavy atom. The highest BCUT2D eigenvalue weighted by molar-refractivity contribution is 7.89. The number of carbonyl (C=O) groups excluding carboxylic acids is 1. The van der Waals surface area contributed by atoms with Crippen LogP contribution in [0.4, 0.5) is 0 Å². The van der Waals surface area contributed by atoms with E-state index in [9.17, 15) is 13.2 Å². The van der Waals surface area contributed by atoms with Crippen LogP contribution in [0.15, 0.2) is 59.5 Å². The van der Waals surface area contributed by atoms with Gasteiger partial charge in [-0.1, -0.05) is 55.0 Å². The van der Waals surface area contributed by atoms with Crippen LogP contribution >= 0.6 is 0 Å². The summed E-state index contributed by atoms with van der Waals surface area (Å²) in [6.45, 7) is 6.08. The Kier molecular flexibility index (Phi) is 5.51. The molecule has 5 nitrogen and oxygen atoms in total. The van der Waals surface area contributed by atoms with Gasteiger partial charge in [0.05, 0.1) is 11.1 Å². The summed E-state index contributed by atoms with van der Waals surface area (Å²) < 4.78 is 28.1. The topological polar surface area (TPSA) is 57.7 Å². The van der Waals surface area contributed by atoms with Gasteiger partial charge in [-0.05, 0) is 33.0 Å². The minimum absolute atomic E-state index is 0.0289. The Morgan fingerprint density at radius 3 is 2.26 bits per heavy atom. The van der Waals surface area contributed by atoms with E-state index in [0.717, 1.165) is 5.56 Å². The minimum Gasteiger partial charge on any atom is -0.294 e. The first kappa shape index (κ1) is 19.7. The molecule has 3 rings (SSSR count). The summed E-state index contributed by atoms with van der Waals surface area (Å²) >= 11 is 0. The van der Waals surface area contributed by atoms with E-state index >= 15 is 0 Å². The zero-order chi connectivity index (χ0) is 19.8. The van der Waals surface area contributed by atoms with Crippen molar-refractivity contribution in [3.05, 3.63) is 65.7 Å². The van der Waals surface area contributed by atoms with Gasteiger partial charge in [0.25, 0.3) is 0 Å². The van der Waals surface area contributed by atoms with E-state index in [1.54, 1.807) is 36.4 Å². The van der Waals surface area contributed by atoms with Crippen molar-refractivity contribution < 1.29 is 13.2 Å². The molecule has 1 aliphatic heterocycles. The molecule has 3 unspecified atom stereocenters. The van der Waals surface area contributed by atoms with Crippen molar-refractivity contribution in [2.75, 3.05) is 13.6 Å². The molecule has 0 amide bonds. The van der Waals surface area contributed by atoms with Gasteiger partial charge in [0, 0.05) is 24.1 Å². The van der Waals surface area contributed by atoms with E-state index in [1.165, 1.54) is 4.31 Å². The van der Waals surface area contributed by atoms with E-state index < -0.39 is 22.1 Å². The zero-order valence-electron chi connectivity index (χ0n) is 16.2. The van der Waals surface area contributed by atoms with Gasteiger partial charge < -0.3 is 0 Å². The molecule has 0 bridgehead atoms. The fraction of sp³-hybridized carbons (Fsp3) is 0.381. The second kappa shape index (κ2) is 7.54. The van der Waals surface area contributed by atoms with E-state index in [-0.39, 0.29) is 16.7 Å². The maximum Gasteiger partial charge on any atom is 0.244 e. The smallest absolute Gasteiger partial charge is 0.244 e. The molecule has 6 heteroatoms. The third-order valence-corrected chi connectivity index (χ3v) is 7.25. The van der Waals surface area contributed by atoms with E-state index in [2.05, 4.69) is 0 Å². The second-order valence-electron chi connectivity index (χ2n) is 7.33. The van der Waals surface area contributed by atoms with Gasteiger partial charge in [-0.15, -0.1) is 0 Å². The van der Waals surface area contributed by atoms with Gasteiger partial charge in [0.1, 0.15) is 0 Å². The molecule has 0 saturated carbocycles. The molecule has 1 fully saturated rings.